The molecular weight excluding hydrogens is 713 g/mol. The molecule has 59 heavy (non-hydrogen) atoms. The highest BCUT2D eigenvalue weighted by Crippen LogP contribution is 2.43. The van der Waals surface area contributed by atoms with Crippen LogP contribution in [0.3, 0.4) is 0 Å². The number of nitrogens with zero attached hydrogens (tertiary/aromatic N) is 2. The first-order chi connectivity index (χ1) is 29.2. The minimum Gasteiger partial charge on any atom is -0.254 e. The molecule has 2 aromatic heterocycles. The lowest BCUT2D eigenvalue weighted by atomic mass is 9.87. The van der Waals surface area contributed by atoms with Crippen LogP contribution in [0.5, 0.6) is 0 Å². The second-order valence-electron chi connectivity index (χ2n) is 15.7. The fourth-order valence-electron chi connectivity index (χ4n) is 9.58. The van der Waals surface area contributed by atoms with Crippen LogP contribution < -0.4 is 0 Å². The van der Waals surface area contributed by atoms with Crippen molar-refractivity contribution in [2.24, 2.45) is 0 Å². The highest BCUT2D eigenvalue weighted by atomic mass is 14.7. The van der Waals surface area contributed by atoms with E-state index in [4.69, 9.17) is 4.98 Å². The monoisotopic (exact) mass is 748 g/mol. The maximum atomic E-state index is 5.09. The maximum Gasteiger partial charge on any atom is 0.0972 e. The Kier molecular flexibility index (Phi) is 7.48. The SMILES string of the molecule is Cc1cccc2ccc3cccc(-c4cccc5ccc6cc(-c7ccc(-c8ccc(-c9ccc%10ccc%11cccnc%11c%10n9)cc8)c8ccccc78)ccc6c45)c3c12. The first kappa shape index (κ1) is 33.5. The molecule has 0 bridgehead atoms. The number of benzene rings is 10. The van der Waals surface area contributed by atoms with Crippen LogP contribution in [0.2, 0.25) is 0 Å². The molecule has 0 N–H and O–H groups in total. The molecule has 0 fully saturated rings. The van der Waals surface area contributed by atoms with Crippen LogP contribution in [0.1, 0.15) is 5.56 Å². The van der Waals surface area contributed by atoms with Crippen molar-refractivity contribution < 1.29 is 0 Å². The number of rotatable bonds is 4. The molecule has 0 saturated carbocycles. The summed E-state index contributed by atoms with van der Waals surface area (Å²) in [7, 11) is 0. The zero-order valence-electron chi connectivity index (χ0n) is 32.4. The standard InChI is InChI=1S/C57H36N2/c1-35-8-4-9-38-21-22-40-11-6-16-51(55(40)53(35)38)50-15-5-10-39-23-26-44-34-43(27-29-47(44)54(39)50)46-31-30-45(48-13-2-3-14-49(46)48)36-17-19-37(20-18-36)52-32-28-42-25-24-41-12-7-33-58-56(41)57(42)59-52/h2-34H,1H3. The number of aryl methyl sites for hydroxylation is 1. The Bertz CT molecular complexity index is 3670. The van der Waals surface area contributed by atoms with Crippen molar-refractivity contribution in [3.63, 3.8) is 0 Å². The molecule has 0 aliphatic carbocycles. The Hall–Kier alpha value is -7.68. The molecule has 0 radical (unpaired) electrons. The highest BCUT2D eigenvalue weighted by molar-refractivity contribution is 6.22. The van der Waals surface area contributed by atoms with Crippen molar-refractivity contribution in [3.8, 4) is 44.6 Å². The molecule has 2 heterocycles. The first-order valence-corrected chi connectivity index (χ1v) is 20.3. The molecule has 0 atom stereocenters. The molecule has 0 aliphatic heterocycles. The van der Waals surface area contributed by atoms with Crippen molar-refractivity contribution in [2.75, 3.05) is 0 Å². The van der Waals surface area contributed by atoms with Gasteiger partial charge in [0.25, 0.3) is 0 Å². The Labute approximate surface area is 341 Å². The van der Waals surface area contributed by atoms with E-state index >= 15 is 0 Å². The van der Waals surface area contributed by atoms with Crippen molar-refractivity contribution >= 4 is 75.7 Å². The molecular formula is C57H36N2. The average molecular weight is 749 g/mol. The van der Waals surface area contributed by atoms with Crippen LogP contribution >= 0.6 is 0 Å². The molecule has 2 heteroatoms. The van der Waals surface area contributed by atoms with E-state index in [-0.39, 0.29) is 0 Å². The van der Waals surface area contributed by atoms with E-state index in [2.05, 4.69) is 200 Å². The van der Waals surface area contributed by atoms with E-state index in [1.54, 1.807) is 0 Å². The second-order valence-corrected chi connectivity index (χ2v) is 15.7. The molecule has 12 aromatic rings. The van der Waals surface area contributed by atoms with Crippen LogP contribution in [0.25, 0.3) is 120 Å². The number of hydrogen-bond acceptors (Lipinski definition) is 2. The van der Waals surface area contributed by atoms with Crippen LogP contribution in [0.15, 0.2) is 200 Å². The Morgan fingerprint density at radius 2 is 0.881 bits per heavy atom. The first-order valence-electron chi connectivity index (χ1n) is 20.3. The summed E-state index contributed by atoms with van der Waals surface area (Å²) < 4.78 is 0. The Morgan fingerprint density at radius 3 is 1.64 bits per heavy atom. The molecule has 10 aromatic carbocycles. The normalized spacial score (nSPS) is 11.8. The van der Waals surface area contributed by atoms with Gasteiger partial charge in [0.1, 0.15) is 0 Å². The van der Waals surface area contributed by atoms with Crippen molar-refractivity contribution in [3.05, 3.63) is 206 Å². The quantitative estimate of drug-likeness (QED) is 0.168. The predicted molar refractivity (Wildman–Crippen MR) is 251 cm³/mol. The lowest BCUT2D eigenvalue weighted by Gasteiger charge is -2.16. The molecule has 0 aliphatic rings. The van der Waals surface area contributed by atoms with Crippen LogP contribution in [-0.2, 0) is 0 Å². The van der Waals surface area contributed by atoms with E-state index in [1.807, 2.05) is 12.3 Å². The second kappa shape index (κ2) is 13.2. The fraction of sp³-hybridized carbons (Fsp3) is 0.0175. The molecule has 0 amide bonds. The zero-order valence-corrected chi connectivity index (χ0v) is 32.4. The summed E-state index contributed by atoms with van der Waals surface area (Å²) in [4.78, 5) is 9.75. The van der Waals surface area contributed by atoms with Gasteiger partial charge in [-0.05, 0) is 118 Å². The summed E-state index contributed by atoms with van der Waals surface area (Å²) in [6, 6.07) is 71.0. The molecule has 0 saturated heterocycles. The zero-order chi connectivity index (χ0) is 39.0. The smallest absolute Gasteiger partial charge is 0.0972 e. The third kappa shape index (κ3) is 5.34. The van der Waals surface area contributed by atoms with E-state index in [1.165, 1.54) is 92.8 Å². The Morgan fingerprint density at radius 1 is 0.322 bits per heavy atom. The molecule has 0 unspecified atom stereocenters. The van der Waals surface area contributed by atoms with Gasteiger partial charge in [-0.1, -0.05) is 176 Å². The van der Waals surface area contributed by atoms with E-state index in [0.717, 1.165) is 33.1 Å². The van der Waals surface area contributed by atoms with Gasteiger partial charge in [-0.25, -0.2) is 4.98 Å². The third-order valence-electron chi connectivity index (χ3n) is 12.4. The van der Waals surface area contributed by atoms with E-state index in [0.29, 0.717) is 0 Å². The average Bonchev–Trinajstić information content (AvgIpc) is 3.30. The van der Waals surface area contributed by atoms with Crippen LogP contribution in [0.4, 0.5) is 0 Å². The van der Waals surface area contributed by atoms with Gasteiger partial charge in [-0.3, -0.25) is 4.98 Å². The predicted octanol–water partition coefficient (Wildman–Crippen LogP) is 15.5. The highest BCUT2D eigenvalue weighted by Gasteiger charge is 2.16. The minimum atomic E-state index is 0.933. The topological polar surface area (TPSA) is 25.8 Å². The van der Waals surface area contributed by atoms with Gasteiger partial charge in [0.15, 0.2) is 0 Å². The third-order valence-corrected chi connectivity index (χ3v) is 12.4. The van der Waals surface area contributed by atoms with Gasteiger partial charge in [0.05, 0.1) is 16.7 Å². The summed E-state index contributed by atoms with van der Waals surface area (Å²) in [6.45, 7) is 2.23. The molecule has 0 spiro atoms. The van der Waals surface area contributed by atoms with Crippen LogP contribution in [0, 0.1) is 6.92 Å². The summed E-state index contributed by atoms with van der Waals surface area (Å²) in [5.41, 5.74) is 12.6. The fourth-order valence-corrected chi connectivity index (χ4v) is 9.58. The lowest BCUT2D eigenvalue weighted by Crippen LogP contribution is -1.90. The largest absolute Gasteiger partial charge is 0.254 e. The van der Waals surface area contributed by atoms with Crippen molar-refractivity contribution in [2.45, 2.75) is 6.92 Å². The number of pyridine rings is 2. The lowest BCUT2D eigenvalue weighted by molar-refractivity contribution is 1.37. The van der Waals surface area contributed by atoms with Crippen molar-refractivity contribution in [1.29, 1.82) is 0 Å². The van der Waals surface area contributed by atoms with Gasteiger partial charge in [0, 0.05) is 22.5 Å². The molecule has 274 valence electrons. The maximum absolute atomic E-state index is 5.09. The number of hydrogen-bond donors (Lipinski definition) is 0. The number of fused-ring (bicyclic) bond motifs is 10. The summed E-state index contributed by atoms with van der Waals surface area (Å²) in [5.74, 6) is 0. The minimum absolute atomic E-state index is 0.933. The summed E-state index contributed by atoms with van der Waals surface area (Å²) in [6.07, 6.45) is 1.84. The number of aromatic nitrogens is 2. The van der Waals surface area contributed by atoms with Crippen molar-refractivity contribution in [1.82, 2.24) is 9.97 Å². The summed E-state index contributed by atoms with van der Waals surface area (Å²) in [5, 5.41) is 14.9. The molecule has 12 rings (SSSR count). The van der Waals surface area contributed by atoms with E-state index < -0.39 is 0 Å². The molecule has 2 nitrogen and oxygen atoms in total. The van der Waals surface area contributed by atoms with Gasteiger partial charge in [0.2, 0.25) is 0 Å². The van der Waals surface area contributed by atoms with E-state index in [9.17, 15) is 0 Å². The Balaban J connectivity index is 0.951. The van der Waals surface area contributed by atoms with Gasteiger partial charge in [-0.2, -0.15) is 0 Å². The van der Waals surface area contributed by atoms with Gasteiger partial charge >= 0.3 is 0 Å². The van der Waals surface area contributed by atoms with Gasteiger partial charge < -0.3 is 0 Å². The van der Waals surface area contributed by atoms with Gasteiger partial charge in [-0.15, -0.1) is 0 Å². The summed E-state index contributed by atoms with van der Waals surface area (Å²) >= 11 is 0. The van der Waals surface area contributed by atoms with Crippen LogP contribution in [-0.4, -0.2) is 9.97 Å².